The quantitative estimate of drug-likeness (QED) is 0.906. The number of halogens is 1. The molecule has 0 radical (unpaired) electrons. The Bertz CT molecular complexity index is 571. The first-order chi connectivity index (χ1) is 9.19. The summed E-state index contributed by atoms with van der Waals surface area (Å²) in [5, 5.41) is 4.30. The third-order valence-corrected chi connectivity index (χ3v) is 2.73. The van der Waals surface area contributed by atoms with Gasteiger partial charge < -0.3 is 19.7 Å². The second-order valence-electron chi connectivity index (χ2n) is 3.63. The number of rotatable bonds is 5. The molecule has 2 rings (SSSR count). The van der Waals surface area contributed by atoms with E-state index in [1.165, 1.54) is 7.11 Å². The number of hydrogen-bond acceptors (Lipinski definition) is 6. The number of aromatic nitrogens is 2. The topological polar surface area (TPSA) is 83.4 Å². The zero-order chi connectivity index (χ0) is 13.8. The van der Waals surface area contributed by atoms with Crippen LogP contribution in [-0.2, 0) is 6.54 Å². The van der Waals surface area contributed by atoms with Crippen LogP contribution in [0.4, 0.5) is 0 Å². The smallest absolute Gasteiger partial charge is 0.240 e. The fourth-order valence-electron chi connectivity index (χ4n) is 1.59. The van der Waals surface area contributed by atoms with Crippen molar-refractivity contribution in [3.05, 3.63) is 23.0 Å². The van der Waals surface area contributed by atoms with Gasteiger partial charge in [0, 0.05) is 6.07 Å². The minimum absolute atomic E-state index is 0.181. The maximum Gasteiger partial charge on any atom is 0.240 e. The summed E-state index contributed by atoms with van der Waals surface area (Å²) < 4.78 is 15.7. The normalized spacial score (nSPS) is 10.5. The van der Waals surface area contributed by atoms with E-state index < -0.39 is 0 Å². The lowest BCUT2D eigenvalue weighted by atomic mass is 10.2. The molecular weight excluding hydrogens is 270 g/mol. The van der Waals surface area contributed by atoms with E-state index in [1.807, 2.05) is 6.92 Å². The van der Waals surface area contributed by atoms with Crippen LogP contribution in [0.5, 0.6) is 11.5 Å². The number of ether oxygens (including phenoxy) is 2. The Labute approximate surface area is 115 Å². The van der Waals surface area contributed by atoms with Gasteiger partial charge in [-0.3, -0.25) is 0 Å². The van der Waals surface area contributed by atoms with Gasteiger partial charge in [-0.15, -0.1) is 0 Å². The summed E-state index contributed by atoms with van der Waals surface area (Å²) in [5.74, 6) is 1.84. The largest absolute Gasteiger partial charge is 0.495 e. The highest BCUT2D eigenvalue weighted by atomic mass is 35.5. The lowest BCUT2D eigenvalue weighted by Gasteiger charge is -2.11. The van der Waals surface area contributed by atoms with Gasteiger partial charge in [0.2, 0.25) is 11.7 Å². The van der Waals surface area contributed by atoms with Crippen LogP contribution < -0.4 is 15.2 Å². The average Bonchev–Trinajstić information content (AvgIpc) is 2.89. The molecule has 2 aromatic rings. The van der Waals surface area contributed by atoms with Gasteiger partial charge in [0.05, 0.1) is 30.8 Å². The van der Waals surface area contributed by atoms with Crippen LogP contribution in [0.2, 0.25) is 5.02 Å². The Hall–Kier alpha value is -1.79. The molecular formula is C12H14ClN3O3. The van der Waals surface area contributed by atoms with Gasteiger partial charge >= 0.3 is 0 Å². The molecule has 19 heavy (non-hydrogen) atoms. The molecule has 102 valence electrons. The van der Waals surface area contributed by atoms with Crippen molar-refractivity contribution < 1.29 is 14.0 Å². The van der Waals surface area contributed by atoms with Crippen LogP contribution in [0.25, 0.3) is 11.4 Å². The molecule has 0 spiro atoms. The average molecular weight is 284 g/mol. The van der Waals surface area contributed by atoms with Gasteiger partial charge in [-0.1, -0.05) is 16.8 Å². The predicted octanol–water partition coefficient (Wildman–Crippen LogP) is 2.26. The molecule has 0 aliphatic heterocycles. The van der Waals surface area contributed by atoms with E-state index in [0.29, 0.717) is 40.4 Å². The van der Waals surface area contributed by atoms with Gasteiger partial charge in [-0.2, -0.15) is 4.98 Å². The van der Waals surface area contributed by atoms with Crippen LogP contribution in [0, 0.1) is 0 Å². The van der Waals surface area contributed by atoms with Crippen LogP contribution in [-0.4, -0.2) is 23.9 Å². The van der Waals surface area contributed by atoms with Crippen LogP contribution in [0.1, 0.15) is 12.8 Å². The van der Waals surface area contributed by atoms with Crippen LogP contribution in [0.3, 0.4) is 0 Å². The van der Waals surface area contributed by atoms with Crippen molar-refractivity contribution in [1.29, 1.82) is 0 Å². The van der Waals surface area contributed by atoms with E-state index in [9.17, 15) is 0 Å². The summed E-state index contributed by atoms with van der Waals surface area (Å²) >= 11 is 6.10. The first kappa shape index (κ1) is 13.6. The molecule has 7 heteroatoms. The SMILES string of the molecule is CCOc1cc(OC)c(Cl)cc1-c1noc(CN)n1. The molecule has 0 aliphatic carbocycles. The monoisotopic (exact) mass is 283 g/mol. The summed E-state index contributed by atoms with van der Waals surface area (Å²) in [4.78, 5) is 4.16. The molecule has 0 aliphatic rings. The summed E-state index contributed by atoms with van der Waals surface area (Å²) in [6.45, 7) is 2.56. The number of benzene rings is 1. The molecule has 1 heterocycles. The number of methoxy groups -OCH3 is 1. The molecule has 0 fully saturated rings. The predicted molar refractivity (Wildman–Crippen MR) is 70.4 cm³/mol. The highest BCUT2D eigenvalue weighted by molar-refractivity contribution is 6.32. The standard InChI is InChI=1S/C12H14ClN3O3/c1-3-18-9-5-10(17-2)8(13)4-7(9)12-15-11(6-14)19-16-12/h4-5H,3,6,14H2,1-2H3. The van der Waals surface area contributed by atoms with Crippen molar-refractivity contribution in [3.8, 4) is 22.9 Å². The second kappa shape index (κ2) is 5.90. The maximum absolute atomic E-state index is 6.10. The third kappa shape index (κ3) is 2.80. The fourth-order valence-corrected chi connectivity index (χ4v) is 1.83. The first-order valence-corrected chi connectivity index (χ1v) is 6.10. The maximum atomic E-state index is 6.10. The molecule has 6 nitrogen and oxygen atoms in total. The summed E-state index contributed by atoms with van der Waals surface area (Å²) in [6.07, 6.45) is 0. The van der Waals surface area contributed by atoms with Crippen molar-refractivity contribution in [2.45, 2.75) is 13.5 Å². The summed E-state index contributed by atoms with van der Waals surface area (Å²) in [7, 11) is 1.54. The zero-order valence-corrected chi connectivity index (χ0v) is 11.4. The number of nitrogens with two attached hydrogens (primary N) is 1. The third-order valence-electron chi connectivity index (χ3n) is 2.44. The highest BCUT2D eigenvalue weighted by Gasteiger charge is 2.16. The van der Waals surface area contributed by atoms with Crippen molar-refractivity contribution in [3.63, 3.8) is 0 Å². The minimum atomic E-state index is 0.181. The van der Waals surface area contributed by atoms with Gasteiger partial charge in [-0.25, -0.2) is 0 Å². The van der Waals surface area contributed by atoms with E-state index >= 15 is 0 Å². The molecule has 1 aromatic heterocycles. The van der Waals surface area contributed by atoms with Gasteiger partial charge in [0.25, 0.3) is 0 Å². The molecule has 0 bridgehead atoms. The Morgan fingerprint density at radius 1 is 1.37 bits per heavy atom. The molecule has 1 aromatic carbocycles. The van der Waals surface area contributed by atoms with Crippen molar-refractivity contribution in [2.24, 2.45) is 5.73 Å². The Morgan fingerprint density at radius 3 is 2.74 bits per heavy atom. The van der Waals surface area contributed by atoms with E-state index in [-0.39, 0.29) is 6.54 Å². The van der Waals surface area contributed by atoms with Gasteiger partial charge in [0.15, 0.2) is 0 Å². The fraction of sp³-hybridized carbons (Fsp3) is 0.333. The van der Waals surface area contributed by atoms with Crippen molar-refractivity contribution in [2.75, 3.05) is 13.7 Å². The van der Waals surface area contributed by atoms with Crippen LogP contribution >= 0.6 is 11.6 Å². The first-order valence-electron chi connectivity index (χ1n) is 5.73. The zero-order valence-electron chi connectivity index (χ0n) is 10.6. The molecule has 0 saturated heterocycles. The Morgan fingerprint density at radius 2 is 2.16 bits per heavy atom. The highest BCUT2D eigenvalue weighted by Crippen LogP contribution is 2.37. The van der Waals surface area contributed by atoms with E-state index in [1.54, 1.807) is 12.1 Å². The summed E-state index contributed by atoms with van der Waals surface area (Å²) in [5.41, 5.74) is 6.08. The van der Waals surface area contributed by atoms with Crippen LogP contribution in [0.15, 0.2) is 16.7 Å². The number of hydrogen-bond donors (Lipinski definition) is 1. The lowest BCUT2D eigenvalue weighted by molar-refractivity contribution is 0.337. The minimum Gasteiger partial charge on any atom is -0.495 e. The molecule has 0 amide bonds. The van der Waals surface area contributed by atoms with E-state index in [0.717, 1.165) is 0 Å². The summed E-state index contributed by atoms with van der Waals surface area (Å²) in [6, 6.07) is 3.37. The Kier molecular flexibility index (Phi) is 4.24. The van der Waals surface area contributed by atoms with Gasteiger partial charge in [0.1, 0.15) is 11.5 Å². The Balaban J connectivity index is 2.50. The van der Waals surface area contributed by atoms with Gasteiger partial charge in [-0.05, 0) is 13.0 Å². The second-order valence-corrected chi connectivity index (χ2v) is 4.04. The van der Waals surface area contributed by atoms with E-state index in [4.69, 9.17) is 31.3 Å². The van der Waals surface area contributed by atoms with Crippen molar-refractivity contribution in [1.82, 2.24) is 10.1 Å². The van der Waals surface area contributed by atoms with E-state index in [2.05, 4.69) is 10.1 Å². The molecule has 0 atom stereocenters. The molecule has 0 saturated carbocycles. The van der Waals surface area contributed by atoms with Crippen molar-refractivity contribution >= 4 is 11.6 Å². The molecule has 2 N–H and O–H groups in total. The molecule has 0 unspecified atom stereocenters. The number of nitrogens with zero attached hydrogens (tertiary/aromatic N) is 2. The lowest BCUT2D eigenvalue weighted by Crippen LogP contribution is -1.98.